The van der Waals surface area contributed by atoms with Gasteiger partial charge in [0.2, 0.25) is 0 Å². The van der Waals surface area contributed by atoms with Crippen LogP contribution in [0.3, 0.4) is 0 Å². The van der Waals surface area contributed by atoms with Gasteiger partial charge in [0.05, 0.1) is 0 Å². The van der Waals surface area contributed by atoms with Crippen LogP contribution in [0.25, 0.3) is 0 Å². The molecule has 0 amide bonds. The Hall–Kier alpha value is -0.540. The first-order valence-electron chi connectivity index (χ1n) is 5.12. The number of nitrogens with zero attached hydrogens (tertiary/aromatic N) is 1. The molecular formula is C11H23N3. The Morgan fingerprint density at radius 1 is 1.14 bits per heavy atom. The molecular weight excluding hydrogens is 174 g/mol. The first-order chi connectivity index (χ1) is 6.06. The average molecular weight is 197 g/mol. The van der Waals surface area contributed by atoms with Gasteiger partial charge in [0, 0.05) is 11.7 Å². The molecule has 0 aromatic carbocycles. The fourth-order valence-corrected chi connectivity index (χ4v) is 1.27. The normalized spacial score (nSPS) is 28.6. The van der Waals surface area contributed by atoms with Gasteiger partial charge in [0.1, 0.15) is 5.66 Å². The summed E-state index contributed by atoms with van der Waals surface area (Å²) >= 11 is 0. The number of nitrogens with two attached hydrogens (primary N) is 1. The molecule has 3 N–H and O–H groups in total. The number of hydrogen-bond acceptors (Lipinski definition) is 3. The third-order valence-corrected chi connectivity index (χ3v) is 2.76. The summed E-state index contributed by atoms with van der Waals surface area (Å²) in [4.78, 5) is 0. The smallest absolute Gasteiger partial charge is 0.109 e. The molecule has 0 saturated heterocycles. The molecule has 1 heterocycles. The van der Waals surface area contributed by atoms with Crippen LogP contribution in [0.1, 0.15) is 41.5 Å². The Morgan fingerprint density at radius 2 is 1.64 bits per heavy atom. The second-order valence-corrected chi connectivity index (χ2v) is 6.09. The van der Waals surface area contributed by atoms with E-state index in [0.717, 1.165) is 0 Å². The van der Waals surface area contributed by atoms with Crippen molar-refractivity contribution in [3.8, 4) is 0 Å². The van der Waals surface area contributed by atoms with E-state index in [1.54, 1.807) is 0 Å². The Kier molecular flexibility index (Phi) is 2.45. The molecule has 1 rings (SSSR count). The van der Waals surface area contributed by atoms with E-state index in [2.05, 4.69) is 52.0 Å². The van der Waals surface area contributed by atoms with Crippen LogP contribution < -0.4 is 11.2 Å². The summed E-state index contributed by atoms with van der Waals surface area (Å²) in [7, 11) is 0. The van der Waals surface area contributed by atoms with E-state index in [4.69, 9.17) is 5.73 Å². The maximum atomic E-state index is 6.28. The Morgan fingerprint density at radius 3 is 1.86 bits per heavy atom. The van der Waals surface area contributed by atoms with Crippen LogP contribution in [0, 0.1) is 5.41 Å². The Labute approximate surface area is 87.3 Å². The molecule has 0 saturated carbocycles. The molecule has 0 bridgehead atoms. The lowest BCUT2D eigenvalue weighted by Crippen LogP contribution is -2.63. The largest absolute Gasteiger partial charge is 0.309 e. The molecule has 1 aliphatic heterocycles. The number of rotatable bonds is 0. The fraction of sp³-hybridized carbons (Fsp3) is 0.818. The standard InChI is InChI=1S/C11H23N3/c1-9(2,3)11(12)7-8-14(13-11)10(4,5)6/h7-8,13H,12H2,1-6H3. The Bertz CT molecular complexity index is 244. The molecule has 0 radical (unpaired) electrons. The summed E-state index contributed by atoms with van der Waals surface area (Å²) in [6.07, 6.45) is 4.07. The SMILES string of the molecule is CC(C)(C)N1C=CC(N)(C(C)(C)C)N1. The van der Waals surface area contributed by atoms with Gasteiger partial charge >= 0.3 is 0 Å². The molecule has 14 heavy (non-hydrogen) atoms. The predicted molar refractivity (Wildman–Crippen MR) is 60.2 cm³/mol. The number of hydrazine groups is 1. The van der Waals surface area contributed by atoms with Gasteiger partial charge in [0.25, 0.3) is 0 Å². The highest BCUT2D eigenvalue weighted by atomic mass is 15.6. The highest BCUT2D eigenvalue weighted by Gasteiger charge is 2.42. The van der Waals surface area contributed by atoms with Crippen molar-refractivity contribution < 1.29 is 0 Å². The van der Waals surface area contributed by atoms with E-state index in [-0.39, 0.29) is 11.0 Å². The van der Waals surface area contributed by atoms with Crippen molar-refractivity contribution in [1.82, 2.24) is 10.4 Å². The number of nitrogens with one attached hydrogen (secondary N) is 1. The van der Waals surface area contributed by atoms with Gasteiger partial charge in [-0.05, 0) is 32.3 Å². The highest BCUT2D eigenvalue weighted by molar-refractivity contribution is 5.14. The second kappa shape index (κ2) is 2.97. The van der Waals surface area contributed by atoms with Crippen molar-refractivity contribution in [2.75, 3.05) is 0 Å². The molecule has 3 nitrogen and oxygen atoms in total. The van der Waals surface area contributed by atoms with Gasteiger partial charge in [0.15, 0.2) is 0 Å². The van der Waals surface area contributed by atoms with Gasteiger partial charge in [-0.1, -0.05) is 20.8 Å². The molecule has 1 unspecified atom stereocenters. The summed E-state index contributed by atoms with van der Waals surface area (Å²) in [6, 6.07) is 0. The van der Waals surface area contributed by atoms with Crippen LogP contribution >= 0.6 is 0 Å². The highest BCUT2D eigenvalue weighted by Crippen LogP contribution is 2.32. The van der Waals surface area contributed by atoms with Crippen LogP contribution in [0.2, 0.25) is 0 Å². The van der Waals surface area contributed by atoms with Gasteiger partial charge in [-0.3, -0.25) is 0 Å². The minimum absolute atomic E-state index is 0.00347. The van der Waals surface area contributed by atoms with Crippen LogP contribution in [-0.2, 0) is 0 Å². The first kappa shape index (κ1) is 11.5. The zero-order chi connectivity index (χ0) is 11.2. The van der Waals surface area contributed by atoms with E-state index in [1.807, 2.05) is 12.3 Å². The molecule has 0 aromatic heterocycles. The minimum Gasteiger partial charge on any atom is -0.309 e. The summed E-state index contributed by atoms with van der Waals surface area (Å²) < 4.78 is 0. The van der Waals surface area contributed by atoms with Crippen molar-refractivity contribution in [1.29, 1.82) is 0 Å². The maximum absolute atomic E-state index is 6.28. The zero-order valence-corrected chi connectivity index (χ0v) is 10.2. The average Bonchev–Trinajstić information content (AvgIpc) is 2.29. The third-order valence-electron chi connectivity index (χ3n) is 2.76. The van der Waals surface area contributed by atoms with Gasteiger partial charge in [-0.2, -0.15) is 0 Å². The van der Waals surface area contributed by atoms with Crippen molar-refractivity contribution >= 4 is 0 Å². The van der Waals surface area contributed by atoms with E-state index in [0.29, 0.717) is 0 Å². The predicted octanol–water partition coefficient (Wildman–Crippen LogP) is 1.82. The topological polar surface area (TPSA) is 41.3 Å². The summed E-state index contributed by atoms with van der Waals surface area (Å²) in [5, 5.41) is 2.07. The van der Waals surface area contributed by atoms with E-state index in [1.165, 1.54) is 0 Å². The van der Waals surface area contributed by atoms with Crippen LogP contribution in [-0.4, -0.2) is 16.2 Å². The molecule has 0 fully saturated rings. The van der Waals surface area contributed by atoms with Gasteiger partial charge < -0.3 is 10.7 Å². The van der Waals surface area contributed by atoms with Gasteiger partial charge in [-0.25, -0.2) is 5.43 Å². The molecule has 0 aliphatic carbocycles. The first-order valence-corrected chi connectivity index (χ1v) is 5.12. The molecule has 1 aliphatic rings. The van der Waals surface area contributed by atoms with Crippen molar-refractivity contribution in [3.05, 3.63) is 12.3 Å². The molecule has 82 valence electrons. The summed E-state index contributed by atoms with van der Waals surface area (Å²) in [5.74, 6) is 0. The molecule has 0 spiro atoms. The van der Waals surface area contributed by atoms with Crippen molar-refractivity contribution in [2.24, 2.45) is 11.1 Å². The fourth-order valence-electron chi connectivity index (χ4n) is 1.27. The summed E-state index contributed by atoms with van der Waals surface area (Å²) in [6.45, 7) is 12.9. The van der Waals surface area contributed by atoms with Crippen molar-refractivity contribution in [3.63, 3.8) is 0 Å². The van der Waals surface area contributed by atoms with E-state index < -0.39 is 5.66 Å². The lowest BCUT2D eigenvalue weighted by atomic mass is 9.82. The van der Waals surface area contributed by atoms with Crippen LogP contribution in [0.5, 0.6) is 0 Å². The minimum atomic E-state index is -0.444. The van der Waals surface area contributed by atoms with Gasteiger partial charge in [-0.15, -0.1) is 0 Å². The monoisotopic (exact) mass is 197 g/mol. The van der Waals surface area contributed by atoms with E-state index in [9.17, 15) is 0 Å². The summed E-state index contributed by atoms with van der Waals surface area (Å²) in [5.41, 5.74) is 9.25. The maximum Gasteiger partial charge on any atom is 0.109 e. The number of hydrogen-bond donors (Lipinski definition) is 2. The van der Waals surface area contributed by atoms with Crippen molar-refractivity contribution in [2.45, 2.75) is 52.7 Å². The Balaban J connectivity index is 2.82. The lowest BCUT2D eigenvalue weighted by molar-refractivity contribution is 0.0647. The third kappa shape index (κ3) is 1.93. The van der Waals surface area contributed by atoms with E-state index >= 15 is 0 Å². The second-order valence-electron chi connectivity index (χ2n) is 6.09. The van der Waals surface area contributed by atoms with Crippen LogP contribution in [0.4, 0.5) is 0 Å². The van der Waals surface area contributed by atoms with Crippen LogP contribution in [0.15, 0.2) is 12.3 Å². The zero-order valence-electron chi connectivity index (χ0n) is 10.2. The molecule has 0 aromatic rings. The molecule has 1 atom stereocenters. The molecule has 3 heteroatoms. The lowest BCUT2D eigenvalue weighted by Gasteiger charge is -2.42. The quantitative estimate of drug-likeness (QED) is 0.622.